The number of carbonyl (C=O) groups is 1. The lowest BCUT2D eigenvalue weighted by molar-refractivity contribution is -0.127. The molecule has 1 fully saturated rings. The number of carbonyl (C=O) groups excluding carboxylic acids is 1. The largest absolute Gasteiger partial charge is 0.338 e. The second-order valence-electron chi connectivity index (χ2n) is 6.11. The van der Waals surface area contributed by atoms with Crippen molar-refractivity contribution < 1.29 is 4.79 Å². The van der Waals surface area contributed by atoms with E-state index in [2.05, 4.69) is 32.2 Å². The number of hydrogen-bond acceptors (Lipinski definition) is 2. The standard InChI is InChI=1S/C16H28N2O/c1-4-6-7-14(5-2)15(19)18-16(12-17)10-8-13(3)9-11-16/h13-14H,4-11H2,1-3H3,(H,18,19). The van der Waals surface area contributed by atoms with Gasteiger partial charge in [0.1, 0.15) is 5.54 Å². The number of nitrogens with one attached hydrogen (secondary N) is 1. The summed E-state index contributed by atoms with van der Waals surface area (Å²) in [4.78, 5) is 12.3. The van der Waals surface area contributed by atoms with Gasteiger partial charge in [0.05, 0.1) is 6.07 Å². The Morgan fingerprint density at radius 2 is 2.05 bits per heavy atom. The van der Waals surface area contributed by atoms with E-state index in [0.29, 0.717) is 5.92 Å². The van der Waals surface area contributed by atoms with Gasteiger partial charge in [0.15, 0.2) is 0 Å². The van der Waals surface area contributed by atoms with Crippen molar-refractivity contribution >= 4 is 5.91 Å². The van der Waals surface area contributed by atoms with Crippen LogP contribution in [0.2, 0.25) is 0 Å². The zero-order valence-electron chi connectivity index (χ0n) is 12.7. The molecule has 1 aliphatic carbocycles. The highest BCUT2D eigenvalue weighted by Crippen LogP contribution is 2.32. The Morgan fingerprint density at radius 1 is 1.42 bits per heavy atom. The van der Waals surface area contributed by atoms with E-state index in [0.717, 1.165) is 51.4 Å². The van der Waals surface area contributed by atoms with E-state index < -0.39 is 5.54 Å². The molecule has 19 heavy (non-hydrogen) atoms. The first-order valence-electron chi connectivity index (χ1n) is 7.80. The van der Waals surface area contributed by atoms with E-state index in [1.807, 2.05) is 0 Å². The van der Waals surface area contributed by atoms with Crippen molar-refractivity contribution in [3.8, 4) is 6.07 Å². The van der Waals surface area contributed by atoms with Crippen molar-refractivity contribution in [2.75, 3.05) is 0 Å². The summed E-state index contributed by atoms with van der Waals surface area (Å²) in [6.45, 7) is 6.42. The van der Waals surface area contributed by atoms with E-state index in [1.165, 1.54) is 0 Å². The Kier molecular flexibility index (Phi) is 6.34. The van der Waals surface area contributed by atoms with Crippen molar-refractivity contribution in [2.45, 2.75) is 77.7 Å². The quantitative estimate of drug-likeness (QED) is 0.793. The van der Waals surface area contributed by atoms with E-state index in [-0.39, 0.29) is 11.8 Å². The van der Waals surface area contributed by atoms with Crippen LogP contribution in [-0.2, 0) is 4.79 Å². The van der Waals surface area contributed by atoms with E-state index in [4.69, 9.17) is 0 Å². The van der Waals surface area contributed by atoms with Crippen LogP contribution in [0.25, 0.3) is 0 Å². The van der Waals surface area contributed by atoms with Crippen LogP contribution in [0, 0.1) is 23.2 Å². The summed E-state index contributed by atoms with van der Waals surface area (Å²) in [5, 5.41) is 12.5. The maximum Gasteiger partial charge on any atom is 0.224 e. The summed E-state index contributed by atoms with van der Waals surface area (Å²) in [5.74, 6) is 0.844. The summed E-state index contributed by atoms with van der Waals surface area (Å²) in [5.41, 5.74) is -0.594. The third kappa shape index (κ3) is 4.53. The molecule has 0 aromatic carbocycles. The summed E-state index contributed by atoms with van der Waals surface area (Å²) >= 11 is 0. The Bertz CT molecular complexity index is 324. The average Bonchev–Trinajstić information content (AvgIpc) is 2.42. The minimum Gasteiger partial charge on any atom is -0.338 e. The van der Waals surface area contributed by atoms with Gasteiger partial charge >= 0.3 is 0 Å². The lowest BCUT2D eigenvalue weighted by atomic mass is 9.77. The molecule has 0 aromatic heterocycles. The third-order valence-electron chi connectivity index (χ3n) is 4.47. The van der Waals surface area contributed by atoms with Crippen molar-refractivity contribution in [1.29, 1.82) is 5.26 Å². The molecule has 108 valence electrons. The van der Waals surface area contributed by atoms with Crippen molar-refractivity contribution in [3.63, 3.8) is 0 Å². The van der Waals surface area contributed by atoms with E-state index in [1.54, 1.807) is 0 Å². The Hall–Kier alpha value is -1.04. The Balaban J connectivity index is 2.59. The highest BCUT2D eigenvalue weighted by molar-refractivity contribution is 5.79. The molecule has 0 saturated heterocycles. The molecule has 0 spiro atoms. The fourth-order valence-corrected chi connectivity index (χ4v) is 2.83. The maximum absolute atomic E-state index is 12.3. The first-order chi connectivity index (χ1) is 9.06. The minimum absolute atomic E-state index is 0.0736. The highest BCUT2D eigenvalue weighted by atomic mass is 16.2. The molecule has 1 saturated carbocycles. The number of hydrogen-bond donors (Lipinski definition) is 1. The number of amides is 1. The molecule has 0 bridgehead atoms. The van der Waals surface area contributed by atoms with Gasteiger partial charge in [-0.1, -0.05) is 33.6 Å². The predicted molar refractivity (Wildman–Crippen MR) is 77.4 cm³/mol. The van der Waals surface area contributed by atoms with Crippen LogP contribution in [0.15, 0.2) is 0 Å². The van der Waals surface area contributed by atoms with E-state index >= 15 is 0 Å². The first-order valence-corrected chi connectivity index (χ1v) is 7.80. The summed E-state index contributed by atoms with van der Waals surface area (Å²) < 4.78 is 0. The molecule has 1 amide bonds. The molecular weight excluding hydrogens is 236 g/mol. The lowest BCUT2D eigenvalue weighted by Gasteiger charge is -2.35. The van der Waals surface area contributed by atoms with Crippen molar-refractivity contribution in [1.82, 2.24) is 5.32 Å². The third-order valence-corrected chi connectivity index (χ3v) is 4.47. The molecular formula is C16H28N2O. The Labute approximate surface area is 117 Å². The van der Waals surface area contributed by atoms with Gasteiger partial charge in [-0.2, -0.15) is 5.26 Å². The van der Waals surface area contributed by atoms with Gasteiger partial charge in [-0.05, 0) is 44.4 Å². The summed E-state index contributed by atoms with van der Waals surface area (Å²) in [6, 6.07) is 2.37. The number of nitrogens with zero attached hydrogens (tertiary/aromatic N) is 1. The molecule has 1 atom stereocenters. The minimum atomic E-state index is -0.594. The van der Waals surface area contributed by atoms with Crippen LogP contribution >= 0.6 is 0 Å². The molecule has 1 rings (SSSR count). The summed E-state index contributed by atoms with van der Waals surface area (Å²) in [7, 11) is 0. The molecule has 1 aliphatic rings. The fraction of sp³-hybridized carbons (Fsp3) is 0.875. The van der Waals surface area contributed by atoms with Gasteiger partial charge in [0.2, 0.25) is 5.91 Å². The van der Waals surface area contributed by atoms with Crippen molar-refractivity contribution in [3.05, 3.63) is 0 Å². The van der Waals surface area contributed by atoms with Crippen molar-refractivity contribution in [2.24, 2.45) is 11.8 Å². The maximum atomic E-state index is 12.3. The van der Waals surface area contributed by atoms with Crippen LogP contribution in [0.4, 0.5) is 0 Å². The molecule has 1 unspecified atom stereocenters. The number of rotatable bonds is 6. The molecule has 0 aliphatic heterocycles. The second-order valence-corrected chi connectivity index (χ2v) is 6.11. The monoisotopic (exact) mass is 264 g/mol. The molecule has 1 N–H and O–H groups in total. The normalized spacial score (nSPS) is 28.4. The molecule has 0 radical (unpaired) electrons. The Morgan fingerprint density at radius 3 is 2.53 bits per heavy atom. The van der Waals surface area contributed by atoms with Gasteiger partial charge in [0, 0.05) is 5.92 Å². The zero-order valence-corrected chi connectivity index (χ0v) is 12.7. The van der Waals surface area contributed by atoms with Gasteiger partial charge in [-0.25, -0.2) is 0 Å². The highest BCUT2D eigenvalue weighted by Gasteiger charge is 2.36. The molecule has 3 heteroatoms. The number of nitriles is 1. The van der Waals surface area contributed by atoms with Gasteiger partial charge in [-0.15, -0.1) is 0 Å². The summed E-state index contributed by atoms with van der Waals surface area (Å²) in [6.07, 6.45) is 7.70. The lowest BCUT2D eigenvalue weighted by Crippen LogP contribution is -2.51. The predicted octanol–water partition coefficient (Wildman–Crippen LogP) is 3.79. The SMILES string of the molecule is CCCCC(CC)C(=O)NC1(C#N)CCC(C)CC1. The topological polar surface area (TPSA) is 52.9 Å². The smallest absolute Gasteiger partial charge is 0.224 e. The van der Waals surface area contributed by atoms with Crippen LogP contribution in [0.5, 0.6) is 0 Å². The molecule has 3 nitrogen and oxygen atoms in total. The van der Waals surface area contributed by atoms with Crippen LogP contribution in [0.1, 0.15) is 72.1 Å². The van der Waals surface area contributed by atoms with Gasteiger partial charge in [0.25, 0.3) is 0 Å². The van der Waals surface area contributed by atoms with Crippen LogP contribution < -0.4 is 5.32 Å². The second kappa shape index (κ2) is 7.53. The fourth-order valence-electron chi connectivity index (χ4n) is 2.83. The first kappa shape index (κ1) is 16.0. The molecule has 0 heterocycles. The van der Waals surface area contributed by atoms with Crippen LogP contribution in [0.3, 0.4) is 0 Å². The zero-order chi connectivity index (χ0) is 14.3. The molecule has 0 aromatic rings. The van der Waals surface area contributed by atoms with Crippen LogP contribution in [-0.4, -0.2) is 11.4 Å². The van der Waals surface area contributed by atoms with Gasteiger partial charge in [-0.3, -0.25) is 4.79 Å². The van der Waals surface area contributed by atoms with Gasteiger partial charge < -0.3 is 5.32 Å². The average molecular weight is 264 g/mol. The van der Waals surface area contributed by atoms with E-state index in [9.17, 15) is 10.1 Å². The number of unbranched alkanes of at least 4 members (excludes halogenated alkanes) is 1.